The summed E-state index contributed by atoms with van der Waals surface area (Å²) in [6.45, 7) is 2.01. The van der Waals surface area contributed by atoms with E-state index in [0.29, 0.717) is 27.7 Å². The third kappa shape index (κ3) is 4.98. The minimum Gasteiger partial charge on any atom is -0.462 e. The number of rotatable bonds is 6. The molecule has 2 rings (SSSR count). The molecule has 0 aromatic heterocycles. The van der Waals surface area contributed by atoms with Crippen LogP contribution >= 0.6 is 23.2 Å². The summed E-state index contributed by atoms with van der Waals surface area (Å²) in [6.07, 6.45) is 0.710. The molecule has 0 unspecified atom stereocenters. The van der Waals surface area contributed by atoms with Gasteiger partial charge in [-0.25, -0.2) is 4.79 Å². The zero-order chi connectivity index (χ0) is 17.5. The Bertz CT molecular complexity index is 747. The van der Waals surface area contributed by atoms with Gasteiger partial charge >= 0.3 is 5.97 Å². The first-order chi connectivity index (χ1) is 11.5. The summed E-state index contributed by atoms with van der Waals surface area (Å²) in [6, 6.07) is 11.9. The molecule has 4 nitrogen and oxygen atoms in total. The fourth-order valence-corrected chi connectivity index (χ4v) is 2.67. The van der Waals surface area contributed by atoms with Crippen LogP contribution in [-0.4, -0.2) is 18.5 Å². The largest absolute Gasteiger partial charge is 0.462 e. The molecule has 24 heavy (non-hydrogen) atoms. The van der Waals surface area contributed by atoms with Crippen molar-refractivity contribution in [1.82, 2.24) is 0 Å². The Morgan fingerprint density at radius 1 is 1.12 bits per heavy atom. The SMILES string of the molecule is CCOC(=O)c1ccccc1NC(=O)CCc1ccc(Cl)cc1Cl. The van der Waals surface area contributed by atoms with Crippen LogP contribution in [-0.2, 0) is 16.0 Å². The third-order valence-electron chi connectivity index (χ3n) is 3.33. The first kappa shape index (κ1) is 18.3. The van der Waals surface area contributed by atoms with E-state index in [0.717, 1.165) is 5.56 Å². The molecule has 0 spiro atoms. The van der Waals surface area contributed by atoms with Crippen molar-refractivity contribution in [2.45, 2.75) is 19.8 Å². The molecule has 1 amide bonds. The fourth-order valence-electron chi connectivity index (χ4n) is 2.16. The average molecular weight is 366 g/mol. The lowest BCUT2D eigenvalue weighted by molar-refractivity contribution is -0.116. The zero-order valence-corrected chi connectivity index (χ0v) is 14.7. The molecule has 0 saturated carbocycles. The average Bonchev–Trinajstić information content (AvgIpc) is 2.54. The van der Waals surface area contributed by atoms with Crippen LogP contribution in [0.25, 0.3) is 0 Å². The number of benzene rings is 2. The van der Waals surface area contributed by atoms with Gasteiger partial charge in [0.1, 0.15) is 0 Å². The Hall–Kier alpha value is -2.04. The normalized spacial score (nSPS) is 10.3. The minimum absolute atomic E-state index is 0.210. The molecule has 0 aliphatic rings. The van der Waals surface area contributed by atoms with Gasteiger partial charge in [0.2, 0.25) is 5.91 Å². The molecule has 6 heteroatoms. The van der Waals surface area contributed by atoms with Gasteiger partial charge < -0.3 is 10.1 Å². The van der Waals surface area contributed by atoms with Crippen LogP contribution in [0, 0.1) is 0 Å². The first-order valence-corrected chi connectivity index (χ1v) is 8.26. The second kappa shape index (κ2) is 8.71. The van der Waals surface area contributed by atoms with Crippen molar-refractivity contribution in [2.24, 2.45) is 0 Å². The number of esters is 1. The van der Waals surface area contributed by atoms with Crippen molar-refractivity contribution < 1.29 is 14.3 Å². The quantitative estimate of drug-likeness (QED) is 0.752. The van der Waals surface area contributed by atoms with E-state index in [4.69, 9.17) is 27.9 Å². The van der Waals surface area contributed by atoms with Gasteiger partial charge in [-0.05, 0) is 43.2 Å². The number of hydrogen-bond acceptors (Lipinski definition) is 3. The van der Waals surface area contributed by atoms with Crippen LogP contribution in [0.1, 0.15) is 29.3 Å². The third-order valence-corrected chi connectivity index (χ3v) is 3.92. The number of para-hydroxylation sites is 1. The molecule has 0 fully saturated rings. The number of halogens is 2. The highest BCUT2D eigenvalue weighted by atomic mass is 35.5. The number of carbonyl (C=O) groups is 2. The Morgan fingerprint density at radius 3 is 2.58 bits per heavy atom. The van der Waals surface area contributed by atoms with E-state index in [1.54, 1.807) is 49.4 Å². The van der Waals surface area contributed by atoms with Crippen LogP contribution in [0.2, 0.25) is 10.0 Å². The predicted molar refractivity (Wildman–Crippen MR) is 95.8 cm³/mol. The van der Waals surface area contributed by atoms with Crippen molar-refractivity contribution in [3.8, 4) is 0 Å². The van der Waals surface area contributed by atoms with Crippen LogP contribution in [0.3, 0.4) is 0 Å². The summed E-state index contributed by atoms with van der Waals surface area (Å²) in [5.41, 5.74) is 1.61. The van der Waals surface area contributed by atoms with Crippen LogP contribution in [0.5, 0.6) is 0 Å². The standard InChI is InChI=1S/C18H17Cl2NO3/c1-2-24-18(23)14-5-3-4-6-16(14)21-17(22)10-8-12-7-9-13(19)11-15(12)20/h3-7,9,11H,2,8,10H2,1H3,(H,21,22). The lowest BCUT2D eigenvalue weighted by atomic mass is 10.1. The van der Waals surface area contributed by atoms with Gasteiger partial charge in [0.15, 0.2) is 0 Å². The van der Waals surface area contributed by atoms with Gasteiger partial charge in [-0.3, -0.25) is 4.79 Å². The van der Waals surface area contributed by atoms with E-state index in [9.17, 15) is 9.59 Å². The molecule has 126 valence electrons. The van der Waals surface area contributed by atoms with Crippen molar-refractivity contribution in [1.29, 1.82) is 0 Å². The maximum Gasteiger partial charge on any atom is 0.340 e. The molecule has 0 bridgehead atoms. The number of anilines is 1. The highest BCUT2D eigenvalue weighted by Gasteiger charge is 2.14. The van der Waals surface area contributed by atoms with E-state index in [2.05, 4.69) is 5.32 Å². The van der Waals surface area contributed by atoms with Gasteiger partial charge in [0, 0.05) is 16.5 Å². The van der Waals surface area contributed by atoms with Gasteiger partial charge in [0.25, 0.3) is 0 Å². The molecule has 0 saturated heterocycles. The molecule has 1 N–H and O–H groups in total. The molecule has 2 aromatic carbocycles. The van der Waals surface area contributed by atoms with E-state index in [-0.39, 0.29) is 18.9 Å². The van der Waals surface area contributed by atoms with Crippen molar-refractivity contribution in [3.05, 3.63) is 63.6 Å². The van der Waals surface area contributed by atoms with E-state index >= 15 is 0 Å². The maximum atomic E-state index is 12.2. The molecular formula is C18H17Cl2NO3. The topological polar surface area (TPSA) is 55.4 Å². The Morgan fingerprint density at radius 2 is 1.88 bits per heavy atom. The zero-order valence-electron chi connectivity index (χ0n) is 13.1. The first-order valence-electron chi connectivity index (χ1n) is 7.51. The lowest BCUT2D eigenvalue weighted by Gasteiger charge is -2.10. The highest BCUT2D eigenvalue weighted by molar-refractivity contribution is 6.35. The molecule has 0 atom stereocenters. The summed E-state index contributed by atoms with van der Waals surface area (Å²) < 4.78 is 4.99. The molecule has 0 heterocycles. The molecule has 2 aromatic rings. The Balaban J connectivity index is 2.01. The summed E-state index contributed by atoms with van der Waals surface area (Å²) >= 11 is 11.9. The summed E-state index contributed by atoms with van der Waals surface area (Å²) in [5.74, 6) is -0.674. The number of nitrogens with one attached hydrogen (secondary N) is 1. The van der Waals surface area contributed by atoms with Crippen molar-refractivity contribution >= 4 is 40.8 Å². The summed E-state index contributed by atoms with van der Waals surface area (Å²) in [7, 11) is 0. The second-order valence-corrected chi connectivity index (χ2v) is 5.89. The smallest absolute Gasteiger partial charge is 0.340 e. The van der Waals surface area contributed by atoms with E-state index in [1.165, 1.54) is 0 Å². The lowest BCUT2D eigenvalue weighted by Crippen LogP contribution is -2.16. The van der Waals surface area contributed by atoms with Gasteiger partial charge in [-0.1, -0.05) is 41.4 Å². The Labute approximate surface area is 150 Å². The number of ether oxygens (including phenoxy) is 1. The minimum atomic E-state index is -0.464. The van der Waals surface area contributed by atoms with Gasteiger partial charge in [-0.2, -0.15) is 0 Å². The predicted octanol–water partition coefficient (Wildman–Crippen LogP) is 4.74. The number of carbonyl (C=O) groups excluding carboxylic acids is 2. The summed E-state index contributed by atoms with van der Waals surface area (Å²) in [4.78, 5) is 24.1. The van der Waals surface area contributed by atoms with Gasteiger partial charge in [0.05, 0.1) is 17.9 Å². The Kier molecular flexibility index (Phi) is 6.64. The van der Waals surface area contributed by atoms with Crippen LogP contribution in [0.4, 0.5) is 5.69 Å². The highest BCUT2D eigenvalue weighted by Crippen LogP contribution is 2.22. The van der Waals surface area contributed by atoms with E-state index in [1.807, 2.05) is 0 Å². The molecule has 0 aliphatic carbocycles. The van der Waals surface area contributed by atoms with Gasteiger partial charge in [-0.15, -0.1) is 0 Å². The number of hydrogen-bond donors (Lipinski definition) is 1. The summed E-state index contributed by atoms with van der Waals surface area (Å²) in [5, 5.41) is 3.82. The number of aryl methyl sites for hydroxylation is 1. The molecule has 0 aliphatic heterocycles. The van der Waals surface area contributed by atoms with Crippen LogP contribution < -0.4 is 5.32 Å². The second-order valence-electron chi connectivity index (χ2n) is 5.05. The maximum absolute atomic E-state index is 12.2. The van der Waals surface area contributed by atoms with Crippen molar-refractivity contribution in [2.75, 3.05) is 11.9 Å². The van der Waals surface area contributed by atoms with Crippen LogP contribution in [0.15, 0.2) is 42.5 Å². The monoisotopic (exact) mass is 365 g/mol. The van der Waals surface area contributed by atoms with E-state index < -0.39 is 5.97 Å². The molecule has 0 radical (unpaired) electrons. The number of amides is 1. The van der Waals surface area contributed by atoms with Crippen molar-refractivity contribution in [3.63, 3.8) is 0 Å². The fraction of sp³-hybridized carbons (Fsp3) is 0.222. The molecular weight excluding hydrogens is 349 g/mol.